The number of aryl methyl sites for hydroxylation is 12. The minimum absolute atomic E-state index is 1.12. The number of benzene rings is 4. The SMILES string of the molecule is CCCc1cc(C)c(CCc2cc(C)c(C)c(C)c2)c(C)c1.CCc1cc(C)c(CCc2cc(C)c(C)c(C)c2)c(C)c1. The summed E-state index contributed by atoms with van der Waals surface area (Å²) in [5.74, 6) is 0. The quantitative estimate of drug-likeness (QED) is 0.186. The second-order valence-electron chi connectivity index (χ2n) is 13.2. The van der Waals surface area contributed by atoms with Crippen molar-refractivity contribution in [1.82, 2.24) is 0 Å². The van der Waals surface area contributed by atoms with Gasteiger partial charge in [-0.05, 0) is 197 Å². The molecule has 4 aromatic carbocycles. The molecule has 0 aliphatic heterocycles. The monoisotopic (exact) mass is 574 g/mol. The molecule has 0 spiro atoms. The van der Waals surface area contributed by atoms with Crippen LogP contribution in [-0.4, -0.2) is 0 Å². The Bertz CT molecular complexity index is 1450. The standard InChI is InChI=1S/C22H30.C21H28/c1-7-8-20-13-17(4)22(18(5)14-20)10-9-21-11-15(2)19(6)16(3)12-21;1-7-19-12-16(4)21(17(5)13-19)9-8-20-10-14(2)18(6)15(3)11-20/h11-14H,7-10H2,1-6H3;10-13H,7-9H2,1-6H3. The largest absolute Gasteiger partial charge is 0.0651 e. The molecule has 0 aliphatic carbocycles. The maximum Gasteiger partial charge on any atom is -0.0233 e. The predicted octanol–water partition coefficient (Wildman–Crippen LogP) is 11.5. The molecule has 0 bridgehead atoms. The number of rotatable bonds is 9. The number of hydrogen-bond donors (Lipinski definition) is 0. The predicted molar refractivity (Wildman–Crippen MR) is 191 cm³/mol. The third kappa shape index (κ3) is 9.18. The first-order chi connectivity index (χ1) is 20.3. The summed E-state index contributed by atoms with van der Waals surface area (Å²) in [7, 11) is 0. The molecular formula is C43H58. The summed E-state index contributed by atoms with van der Waals surface area (Å²) in [6.07, 6.45) is 8.10. The van der Waals surface area contributed by atoms with E-state index in [0.717, 1.165) is 32.1 Å². The van der Waals surface area contributed by atoms with E-state index < -0.39 is 0 Å². The first kappa shape index (κ1) is 34.4. The zero-order chi connectivity index (χ0) is 31.8. The van der Waals surface area contributed by atoms with Gasteiger partial charge in [0.05, 0.1) is 0 Å². The molecule has 0 aliphatic rings. The van der Waals surface area contributed by atoms with Crippen LogP contribution in [0.15, 0.2) is 48.5 Å². The first-order valence-electron chi connectivity index (χ1n) is 16.7. The highest BCUT2D eigenvalue weighted by molar-refractivity contribution is 5.42. The van der Waals surface area contributed by atoms with Gasteiger partial charge < -0.3 is 0 Å². The van der Waals surface area contributed by atoms with E-state index in [4.69, 9.17) is 0 Å². The van der Waals surface area contributed by atoms with Gasteiger partial charge in [0.15, 0.2) is 0 Å². The van der Waals surface area contributed by atoms with E-state index in [2.05, 4.69) is 132 Å². The van der Waals surface area contributed by atoms with Crippen LogP contribution in [0.5, 0.6) is 0 Å². The molecule has 0 nitrogen and oxygen atoms in total. The van der Waals surface area contributed by atoms with Crippen LogP contribution >= 0.6 is 0 Å². The molecule has 0 atom stereocenters. The second kappa shape index (κ2) is 15.6. The Morgan fingerprint density at radius 2 is 0.605 bits per heavy atom. The van der Waals surface area contributed by atoms with Crippen LogP contribution < -0.4 is 0 Å². The summed E-state index contributed by atoms with van der Waals surface area (Å²) in [6.45, 7) is 26.9. The van der Waals surface area contributed by atoms with E-state index in [-0.39, 0.29) is 0 Å². The van der Waals surface area contributed by atoms with Crippen molar-refractivity contribution in [2.24, 2.45) is 0 Å². The lowest BCUT2D eigenvalue weighted by Crippen LogP contribution is -2.01. The van der Waals surface area contributed by atoms with E-state index in [1.807, 2.05) is 0 Å². The van der Waals surface area contributed by atoms with E-state index in [9.17, 15) is 0 Å². The van der Waals surface area contributed by atoms with Crippen LogP contribution in [0.3, 0.4) is 0 Å². The Morgan fingerprint density at radius 1 is 0.326 bits per heavy atom. The van der Waals surface area contributed by atoms with Crippen LogP contribution in [0.2, 0.25) is 0 Å². The van der Waals surface area contributed by atoms with Gasteiger partial charge in [-0.25, -0.2) is 0 Å². The third-order valence-electron chi connectivity index (χ3n) is 9.76. The summed E-state index contributed by atoms with van der Waals surface area (Å²) in [5, 5.41) is 0. The first-order valence-corrected chi connectivity index (χ1v) is 16.7. The van der Waals surface area contributed by atoms with Crippen molar-refractivity contribution < 1.29 is 0 Å². The molecule has 4 rings (SSSR count). The highest BCUT2D eigenvalue weighted by atomic mass is 14.1. The van der Waals surface area contributed by atoms with Gasteiger partial charge in [0.25, 0.3) is 0 Å². The van der Waals surface area contributed by atoms with Gasteiger partial charge in [-0.2, -0.15) is 0 Å². The van der Waals surface area contributed by atoms with Gasteiger partial charge >= 0.3 is 0 Å². The van der Waals surface area contributed by atoms with Gasteiger partial charge in [-0.3, -0.25) is 0 Å². The van der Waals surface area contributed by atoms with Crippen molar-refractivity contribution >= 4 is 0 Å². The molecule has 0 unspecified atom stereocenters. The van der Waals surface area contributed by atoms with Crippen molar-refractivity contribution in [1.29, 1.82) is 0 Å². The van der Waals surface area contributed by atoms with Crippen LogP contribution in [0.4, 0.5) is 0 Å². The lowest BCUT2D eigenvalue weighted by Gasteiger charge is -2.14. The van der Waals surface area contributed by atoms with Crippen LogP contribution in [-0.2, 0) is 38.5 Å². The minimum Gasteiger partial charge on any atom is -0.0651 e. The maximum atomic E-state index is 2.39. The van der Waals surface area contributed by atoms with Gasteiger partial charge in [-0.1, -0.05) is 68.8 Å². The zero-order valence-corrected chi connectivity index (χ0v) is 29.6. The van der Waals surface area contributed by atoms with E-state index in [0.29, 0.717) is 0 Å². The summed E-state index contributed by atoms with van der Waals surface area (Å²) < 4.78 is 0. The Kier molecular flexibility index (Phi) is 12.4. The molecule has 0 radical (unpaired) electrons. The zero-order valence-electron chi connectivity index (χ0n) is 29.6. The second-order valence-corrected chi connectivity index (χ2v) is 13.2. The smallest absolute Gasteiger partial charge is 0.0233 e. The fourth-order valence-electron chi connectivity index (χ4n) is 6.67. The average molecular weight is 575 g/mol. The van der Waals surface area contributed by atoms with Crippen molar-refractivity contribution in [3.63, 3.8) is 0 Å². The van der Waals surface area contributed by atoms with Crippen molar-refractivity contribution in [2.45, 2.75) is 128 Å². The van der Waals surface area contributed by atoms with Gasteiger partial charge in [0.1, 0.15) is 0 Å². The average Bonchev–Trinajstić information content (AvgIpc) is 2.94. The van der Waals surface area contributed by atoms with Crippen LogP contribution in [0.1, 0.15) is 109 Å². The molecule has 0 fully saturated rings. The lowest BCUT2D eigenvalue weighted by atomic mass is 9.92. The van der Waals surface area contributed by atoms with Gasteiger partial charge in [-0.15, -0.1) is 0 Å². The summed E-state index contributed by atoms with van der Waals surface area (Å²) >= 11 is 0. The van der Waals surface area contributed by atoms with Crippen molar-refractivity contribution in [3.05, 3.63) is 138 Å². The molecule has 0 saturated heterocycles. The fraction of sp³-hybridized carbons (Fsp3) is 0.442. The Hall–Kier alpha value is -3.12. The molecule has 0 aromatic heterocycles. The van der Waals surface area contributed by atoms with Gasteiger partial charge in [0, 0.05) is 0 Å². The van der Waals surface area contributed by atoms with Crippen LogP contribution in [0, 0.1) is 69.2 Å². The summed E-state index contributed by atoms with van der Waals surface area (Å²) in [6, 6.07) is 18.9. The Morgan fingerprint density at radius 3 is 0.907 bits per heavy atom. The third-order valence-corrected chi connectivity index (χ3v) is 9.76. The van der Waals surface area contributed by atoms with Crippen molar-refractivity contribution in [3.8, 4) is 0 Å². The molecule has 230 valence electrons. The molecule has 0 heteroatoms. The Labute approximate surface area is 265 Å². The maximum absolute atomic E-state index is 2.39. The van der Waals surface area contributed by atoms with E-state index in [1.54, 1.807) is 0 Å². The molecule has 0 saturated carbocycles. The molecule has 4 aromatic rings. The lowest BCUT2D eigenvalue weighted by molar-refractivity contribution is 0.899. The topological polar surface area (TPSA) is 0 Å². The molecule has 0 heterocycles. The van der Waals surface area contributed by atoms with E-state index in [1.165, 1.54) is 102 Å². The molecule has 43 heavy (non-hydrogen) atoms. The van der Waals surface area contributed by atoms with E-state index >= 15 is 0 Å². The highest BCUT2D eigenvalue weighted by Gasteiger charge is 2.09. The molecule has 0 amide bonds. The van der Waals surface area contributed by atoms with Gasteiger partial charge in [0.2, 0.25) is 0 Å². The molecule has 0 N–H and O–H groups in total. The minimum atomic E-state index is 1.12. The summed E-state index contributed by atoms with van der Waals surface area (Å²) in [5.41, 5.74) is 23.3. The fourth-order valence-corrected chi connectivity index (χ4v) is 6.67. The van der Waals surface area contributed by atoms with Crippen LogP contribution in [0.25, 0.3) is 0 Å². The highest BCUT2D eigenvalue weighted by Crippen LogP contribution is 2.23. The number of hydrogen-bond acceptors (Lipinski definition) is 0. The molecular weight excluding hydrogens is 516 g/mol. The van der Waals surface area contributed by atoms with Crippen molar-refractivity contribution in [2.75, 3.05) is 0 Å². The normalized spacial score (nSPS) is 11.0. The summed E-state index contributed by atoms with van der Waals surface area (Å²) in [4.78, 5) is 0. The Balaban J connectivity index is 0.000000236.